The Hall–Kier alpha value is -0.830. The molecule has 1 saturated heterocycles. The fourth-order valence-electron chi connectivity index (χ4n) is 1.40. The van der Waals surface area contributed by atoms with E-state index in [1.54, 1.807) is 11.0 Å². The van der Waals surface area contributed by atoms with E-state index < -0.39 is 0 Å². The molecule has 0 aromatic carbocycles. The summed E-state index contributed by atoms with van der Waals surface area (Å²) in [6.45, 7) is 3.09. The van der Waals surface area contributed by atoms with Gasteiger partial charge in [-0.3, -0.25) is 4.79 Å². The lowest BCUT2D eigenvalue weighted by molar-refractivity contribution is -0.128. The van der Waals surface area contributed by atoms with Crippen LogP contribution in [-0.4, -0.2) is 35.1 Å². The number of rotatable bonds is 1. The third-order valence-electron chi connectivity index (χ3n) is 2.02. The second-order valence-electron chi connectivity index (χ2n) is 3.08. The number of likely N-dealkylation sites (tertiary alicyclic amines) is 1. The minimum Gasteiger partial charge on any atom is -0.391 e. The number of amides is 1. The van der Waals surface area contributed by atoms with E-state index in [0.717, 1.165) is 19.4 Å². The summed E-state index contributed by atoms with van der Waals surface area (Å²) in [5, 5.41) is 9.28. The van der Waals surface area contributed by atoms with Crippen molar-refractivity contribution in [2.24, 2.45) is 0 Å². The van der Waals surface area contributed by atoms with Crippen LogP contribution in [0.2, 0.25) is 0 Å². The van der Waals surface area contributed by atoms with Gasteiger partial charge in [-0.05, 0) is 25.8 Å². The maximum atomic E-state index is 11.3. The normalized spacial score (nSPS) is 24.8. The number of allylic oxidation sites excluding steroid dienone is 1. The molecule has 1 fully saturated rings. The highest BCUT2D eigenvalue weighted by Crippen LogP contribution is 2.09. The minimum atomic E-state index is -0.326. The molecular formula is C9H15NO2. The van der Waals surface area contributed by atoms with E-state index in [0.29, 0.717) is 6.54 Å². The van der Waals surface area contributed by atoms with Crippen molar-refractivity contribution in [2.45, 2.75) is 25.9 Å². The van der Waals surface area contributed by atoms with Gasteiger partial charge < -0.3 is 10.0 Å². The lowest BCUT2D eigenvalue weighted by Crippen LogP contribution is -2.41. The second-order valence-corrected chi connectivity index (χ2v) is 3.08. The Kier molecular flexibility index (Phi) is 3.29. The first-order valence-corrected chi connectivity index (χ1v) is 4.33. The predicted molar refractivity (Wildman–Crippen MR) is 46.6 cm³/mol. The molecule has 3 nitrogen and oxygen atoms in total. The lowest BCUT2D eigenvalue weighted by Gasteiger charge is -2.29. The van der Waals surface area contributed by atoms with Crippen molar-refractivity contribution in [1.82, 2.24) is 4.90 Å². The van der Waals surface area contributed by atoms with Gasteiger partial charge in [0.1, 0.15) is 0 Å². The van der Waals surface area contributed by atoms with Gasteiger partial charge in [0, 0.05) is 13.1 Å². The molecule has 0 spiro atoms. The molecule has 0 bridgehead atoms. The highest BCUT2D eigenvalue weighted by atomic mass is 16.3. The number of hydrogen-bond donors (Lipinski definition) is 1. The quantitative estimate of drug-likeness (QED) is 0.582. The first-order chi connectivity index (χ1) is 5.74. The Morgan fingerprint density at radius 3 is 3.00 bits per heavy atom. The van der Waals surface area contributed by atoms with Gasteiger partial charge in [-0.1, -0.05) is 6.08 Å². The van der Waals surface area contributed by atoms with Crippen molar-refractivity contribution >= 4 is 5.91 Å². The standard InChI is InChI=1S/C9H15NO2/c1-2-4-9(12)10-6-3-5-8(11)7-10/h2,4,8,11H,3,5-7H2,1H3/b4-2+. The largest absolute Gasteiger partial charge is 0.391 e. The first-order valence-electron chi connectivity index (χ1n) is 4.33. The first kappa shape index (κ1) is 9.26. The molecule has 1 amide bonds. The number of hydrogen-bond acceptors (Lipinski definition) is 2. The fourth-order valence-corrected chi connectivity index (χ4v) is 1.40. The number of nitrogens with zero attached hydrogens (tertiary/aromatic N) is 1. The molecule has 0 aromatic heterocycles. The highest BCUT2D eigenvalue weighted by molar-refractivity contribution is 5.87. The molecule has 0 aromatic rings. The van der Waals surface area contributed by atoms with E-state index in [4.69, 9.17) is 0 Å². The van der Waals surface area contributed by atoms with Gasteiger partial charge >= 0.3 is 0 Å². The SMILES string of the molecule is C/C=C/C(=O)N1CCCC(O)C1. The van der Waals surface area contributed by atoms with E-state index in [2.05, 4.69) is 0 Å². The molecule has 1 rings (SSSR count). The van der Waals surface area contributed by atoms with E-state index in [-0.39, 0.29) is 12.0 Å². The Bertz CT molecular complexity index is 189. The predicted octanol–water partition coefficient (Wildman–Crippen LogP) is 0.546. The maximum absolute atomic E-state index is 11.3. The molecule has 1 unspecified atom stereocenters. The Morgan fingerprint density at radius 1 is 1.67 bits per heavy atom. The van der Waals surface area contributed by atoms with Crippen LogP contribution in [0.25, 0.3) is 0 Å². The summed E-state index contributed by atoms with van der Waals surface area (Å²) in [4.78, 5) is 13.0. The van der Waals surface area contributed by atoms with Gasteiger partial charge in [0.2, 0.25) is 5.91 Å². The molecular weight excluding hydrogens is 154 g/mol. The van der Waals surface area contributed by atoms with Crippen LogP contribution in [0.5, 0.6) is 0 Å². The van der Waals surface area contributed by atoms with Crippen LogP contribution in [0.1, 0.15) is 19.8 Å². The number of carbonyl (C=O) groups is 1. The molecule has 12 heavy (non-hydrogen) atoms. The summed E-state index contributed by atoms with van der Waals surface area (Å²) in [5.41, 5.74) is 0. The molecule has 0 radical (unpaired) electrons. The number of carbonyl (C=O) groups excluding carboxylic acids is 1. The minimum absolute atomic E-state index is 0.0104. The van der Waals surface area contributed by atoms with Crippen molar-refractivity contribution in [3.05, 3.63) is 12.2 Å². The molecule has 0 saturated carbocycles. The van der Waals surface area contributed by atoms with Crippen molar-refractivity contribution in [3.63, 3.8) is 0 Å². The summed E-state index contributed by atoms with van der Waals surface area (Å²) < 4.78 is 0. The van der Waals surface area contributed by atoms with Crippen LogP contribution >= 0.6 is 0 Å². The van der Waals surface area contributed by atoms with Crippen LogP contribution in [-0.2, 0) is 4.79 Å². The third-order valence-corrected chi connectivity index (χ3v) is 2.02. The lowest BCUT2D eigenvalue weighted by atomic mass is 10.1. The average Bonchev–Trinajstić information content (AvgIpc) is 2.05. The Labute approximate surface area is 72.7 Å². The zero-order valence-corrected chi connectivity index (χ0v) is 7.36. The van der Waals surface area contributed by atoms with Gasteiger partial charge in [0.05, 0.1) is 6.10 Å². The zero-order valence-electron chi connectivity index (χ0n) is 7.36. The summed E-state index contributed by atoms with van der Waals surface area (Å²) in [7, 11) is 0. The van der Waals surface area contributed by atoms with E-state index in [1.807, 2.05) is 6.92 Å². The van der Waals surface area contributed by atoms with Crippen molar-refractivity contribution < 1.29 is 9.90 Å². The molecule has 3 heteroatoms. The summed E-state index contributed by atoms with van der Waals surface area (Å²) in [5.74, 6) is 0.0104. The third kappa shape index (κ3) is 2.34. The van der Waals surface area contributed by atoms with E-state index >= 15 is 0 Å². The highest BCUT2D eigenvalue weighted by Gasteiger charge is 2.19. The fraction of sp³-hybridized carbons (Fsp3) is 0.667. The molecule has 1 atom stereocenters. The van der Waals surface area contributed by atoms with Crippen LogP contribution in [0, 0.1) is 0 Å². The Balaban J connectivity index is 2.45. The second kappa shape index (κ2) is 4.26. The van der Waals surface area contributed by atoms with Crippen LogP contribution in [0.3, 0.4) is 0 Å². The summed E-state index contributed by atoms with van der Waals surface area (Å²) in [6, 6.07) is 0. The van der Waals surface area contributed by atoms with Gasteiger partial charge in [-0.15, -0.1) is 0 Å². The molecule has 1 heterocycles. The number of aliphatic hydroxyl groups is 1. The topological polar surface area (TPSA) is 40.5 Å². The molecule has 0 aliphatic carbocycles. The smallest absolute Gasteiger partial charge is 0.246 e. The molecule has 1 N–H and O–H groups in total. The van der Waals surface area contributed by atoms with Crippen molar-refractivity contribution in [1.29, 1.82) is 0 Å². The summed E-state index contributed by atoms with van der Waals surface area (Å²) in [6.07, 6.45) is 4.67. The number of piperidine rings is 1. The number of β-amino-alcohol motifs (C(OH)–C–C–N with tert-alkyl or cyclic N) is 1. The molecule has 68 valence electrons. The monoisotopic (exact) mass is 169 g/mol. The summed E-state index contributed by atoms with van der Waals surface area (Å²) >= 11 is 0. The van der Waals surface area contributed by atoms with Gasteiger partial charge in [0.15, 0.2) is 0 Å². The van der Waals surface area contributed by atoms with E-state index in [9.17, 15) is 9.90 Å². The van der Waals surface area contributed by atoms with Gasteiger partial charge in [-0.2, -0.15) is 0 Å². The molecule has 1 aliphatic heterocycles. The van der Waals surface area contributed by atoms with Crippen molar-refractivity contribution in [3.8, 4) is 0 Å². The zero-order chi connectivity index (χ0) is 8.97. The van der Waals surface area contributed by atoms with Gasteiger partial charge in [-0.25, -0.2) is 0 Å². The van der Waals surface area contributed by atoms with Crippen LogP contribution in [0.15, 0.2) is 12.2 Å². The van der Waals surface area contributed by atoms with Crippen molar-refractivity contribution in [2.75, 3.05) is 13.1 Å². The van der Waals surface area contributed by atoms with E-state index in [1.165, 1.54) is 6.08 Å². The average molecular weight is 169 g/mol. The van der Waals surface area contributed by atoms with Crippen LogP contribution in [0.4, 0.5) is 0 Å². The van der Waals surface area contributed by atoms with Crippen LogP contribution < -0.4 is 0 Å². The number of aliphatic hydroxyl groups excluding tert-OH is 1. The Morgan fingerprint density at radius 2 is 2.42 bits per heavy atom. The van der Waals surface area contributed by atoms with Gasteiger partial charge in [0.25, 0.3) is 0 Å². The molecule has 1 aliphatic rings. The maximum Gasteiger partial charge on any atom is 0.246 e.